The van der Waals surface area contributed by atoms with Crippen molar-refractivity contribution < 1.29 is 0 Å². The second-order valence-electron chi connectivity index (χ2n) is 5.86. The highest BCUT2D eigenvalue weighted by Crippen LogP contribution is 2.27. The zero-order valence-corrected chi connectivity index (χ0v) is 13.7. The van der Waals surface area contributed by atoms with E-state index in [-0.39, 0.29) is 0 Å². The van der Waals surface area contributed by atoms with Gasteiger partial charge in [-0.25, -0.2) is 24.9 Å². The van der Waals surface area contributed by atoms with Crippen molar-refractivity contribution >= 4 is 17.7 Å². The summed E-state index contributed by atoms with van der Waals surface area (Å²) in [5.74, 6) is 2.23. The average molecular weight is 334 g/mol. The highest BCUT2D eigenvalue weighted by molar-refractivity contribution is 5.46. The van der Waals surface area contributed by atoms with E-state index < -0.39 is 0 Å². The van der Waals surface area contributed by atoms with Crippen molar-refractivity contribution in [3.05, 3.63) is 55.0 Å². The fourth-order valence-electron chi connectivity index (χ4n) is 2.97. The molecule has 3 aromatic heterocycles. The van der Waals surface area contributed by atoms with Crippen molar-refractivity contribution in [2.24, 2.45) is 0 Å². The molecular formula is C17H18N8. The van der Waals surface area contributed by atoms with Gasteiger partial charge in [-0.3, -0.25) is 4.98 Å². The van der Waals surface area contributed by atoms with Crippen LogP contribution in [0.1, 0.15) is 24.5 Å². The van der Waals surface area contributed by atoms with Gasteiger partial charge in [0.2, 0.25) is 11.9 Å². The van der Waals surface area contributed by atoms with Crippen molar-refractivity contribution in [1.29, 1.82) is 0 Å². The van der Waals surface area contributed by atoms with Crippen LogP contribution in [0.25, 0.3) is 0 Å². The molecule has 1 aliphatic heterocycles. The van der Waals surface area contributed by atoms with E-state index in [2.05, 4.69) is 35.1 Å². The summed E-state index contributed by atoms with van der Waals surface area (Å²) < 4.78 is 0. The van der Waals surface area contributed by atoms with Gasteiger partial charge in [-0.2, -0.15) is 0 Å². The van der Waals surface area contributed by atoms with Gasteiger partial charge in [-0.05, 0) is 25.0 Å². The zero-order chi connectivity index (χ0) is 16.9. The molecule has 1 N–H and O–H groups in total. The molecule has 25 heavy (non-hydrogen) atoms. The maximum absolute atomic E-state index is 4.70. The summed E-state index contributed by atoms with van der Waals surface area (Å²) in [7, 11) is 0. The molecule has 0 amide bonds. The van der Waals surface area contributed by atoms with Crippen LogP contribution in [0, 0.1) is 0 Å². The van der Waals surface area contributed by atoms with Crippen LogP contribution < -0.4 is 10.2 Å². The summed E-state index contributed by atoms with van der Waals surface area (Å²) >= 11 is 0. The molecule has 126 valence electrons. The number of piperidine rings is 1. The topological polar surface area (TPSA) is 92.6 Å². The Bertz CT molecular complexity index is 811. The Kier molecular flexibility index (Phi) is 4.40. The maximum atomic E-state index is 4.70. The van der Waals surface area contributed by atoms with Gasteiger partial charge in [-0.15, -0.1) is 0 Å². The summed E-state index contributed by atoms with van der Waals surface area (Å²) in [6.07, 6.45) is 12.6. The van der Waals surface area contributed by atoms with Crippen molar-refractivity contribution in [2.45, 2.75) is 18.8 Å². The fraction of sp³-hybridized carbons (Fsp3) is 0.294. The standard InChI is InChI=1S/C17H18N8/c1-4-13(12-25(9-1)17-21-7-3-8-22-17)14-10-18-11-15(23-14)24-16-19-5-2-6-20-16/h2-3,5-8,10-11,13H,1,4,9,12H2,(H,19,20,23,24)/t13-/m0/s1. The third-order valence-corrected chi connectivity index (χ3v) is 4.13. The first-order valence-corrected chi connectivity index (χ1v) is 8.26. The molecule has 1 aliphatic rings. The Morgan fingerprint density at radius 2 is 1.72 bits per heavy atom. The molecule has 0 radical (unpaired) electrons. The molecule has 0 unspecified atom stereocenters. The first-order valence-electron chi connectivity index (χ1n) is 8.26. The van der Waals surface area contributed by atoms with Crippen LogP contribution in [-0.4, -0.2) is 43.0 Å². The van der Waals surface area contributed by atoms with Gasteiger partial charge >= 0.3 is 0 Å². The normalized spacial score (nSPS) is 17.3. The van der Waals surface area contributed by atoms with E-state index in [4.69, 9.17) is 4.98 Å². The Balaban J connectivity index is 1.50. The first-order chi connectivity index (χ1) is 12.4. The molecule has 1 saturated heterocycles. The van der Waals surface area contributed by atoms with Gasteiger partial charge in [0.1, 0.15) is 0 Å². The van der Waals surface area contributed by atoms with E-state index in [1.54, 1.807) is 37.1 Å². The summed E-state index contributed by atoms with van der Waals surface area (Å²) in [6.45, 7) is 1.80. The van der Waals surface area contributed by atoms with Gasteiger partial charge in [0.25, 0.3) is 0 Å². The highest BCUT2D eigenvalue weighted by Gasteiger charge is 2.24. The summed E-state index contributed by atoms with van der Waals surface area (Å²) in [5.41, 5.74) is 0.960. The molecule has 4 heterocycles. The second-order valence-corrected chi connectivity index (χ2v) is 5.86. The lowest BCUT2D eigenvalue weighted by Crippen LogP contribution is -2.35. The largest absolute Gasteiger partial charge is 0.340 e. The second kappa shape index (κ2) is 7.16. The Morgan fingerprint density at radius 3 is 2.52 bits per heavy atom. The van der Waals surface area contributed by atoms with Gasteiger partial charge in [0, 0.05) is 50.0 Å². The molecule has 1 atom stereocenters. The van der Waals surface area contributed by atoms with E-state index in [1.807, 2.05) is 12.3 Å². The van der Waals surface area contributed by atoms with Crippen LogP contribution in [-0.2, 0) is 0 Å². The Morgan fingerprint density at radius 1 is 0.960 bits per heavy atom. The third kappa shape index (κ3) is 3.68. The first kappa shape index (κ1) is 15.4. The SMILES string of the molecule is c1cnc(Nc2cncc([C@H]3CCCN(c4ncccn4)C3)n2)nc1. The molecule has 0 bridgehead atoms. The van der Waals surface area contributed by atoms with Crippen LogP contribution in [0.2, 0.25) is 0 Å². The minimum absolute atomic E-state index is 0.295. The molecule has 4 rings (SSSR count). The third-order valence-electron chi connectivity index (χ3n) is 4.13. The number of aromatic nitrogens is 6. The van der Waals surface area contributed by atoms with Crippen LogP contribution in [0.4, 0.5) is 17.7 Å². The molecule has 8 nitrogen and oxygen atoms in total. The quantitative estimate of drug-likeness (QED) is 0.776. The maximum Gasteiger partial charge on any atom is 0.228 e. The minimum Gasteiger partial charge on any atom is -0.340 e. The fourth-order valence-corrected chi connectivity index (χ4v) is 2.97. The number of hydrogen-bond donors (Lipinski definition) is 1. The Labute approximate surface area is 145 Å². The van der Waals surface area contributed by atoms with Crippen LogP contribution in [0.3, 0.4) is 0 Å². The average Bonchev–Trinajstić information content (AvgIpc) is 2.70. The monoisotopic (exact) mass is 334 g/mol. The number of nitrogens with zero attached hydrogens (tertiary/aromatic N) is 7. The molecule has 8 heteroatoms. The smallest absolute Gasteiger partial charge is 0.228 e. The number of anilines is 3. The van der Waals surface area contributed by atoms with E-state index in [9.17, 15) is 0 Å². The van der Waals surface area contributed by atoms with Crippen molar-refractivity contribution in [2.75, 3.05) is 23.3 Å². The van der Waals surface area contributed by atoms with Crippen molar-refractivity contribution in [3.63, 3.8) is 0 Å². The molecule has 0 aromatic carbocycles. The van der Waals surface area contributed by atoms with Gasteiger partial charge < -0.3 is 10.2 Å². The molecule has 1 fully saturated rings. The van der Waals surface area contributed by atoms with Gasteiger partial charge in [0.05, 0.1) is 11.9 Å². The number of hydrogen-bond acceptors (Lipinski definition) is 8. The summed E-state index contributed by atoms with van der Waals surface area (Å²) in [5, 5.41) is 3.09. The van der Waals surface area contributed by atoms with Gasteiger partial charge in [0.15, 0.2) is 5.82 Å². The van der Waals surface area contributed by atoms with E-state index in [0.29, 0.717) is 17.7 Å². The predicted molar refractivity (Wildman–Crippen MR) is 93.6 cm³/mol. The lowest BCUT2D eigenvalue weighted by molar-refractivity contribution is 0.494. The molecule has 3 aromatic rings. The minimum atomic E-state index is 0.295. The van der Waals surface area contributed by atoms with E-state index in [0.717, 1.165) is 37.6 Å². The van der Waals surface area contributed by atoms with Crippen LogP contribution in [0.15, 0.2) is 49.3 Å². The lowest BCUT2D eigenvalue weighted by atomic mass is 9.95. The van der Waals surface area contributed by atoms with Crippen LogP contribution >= 0.6 is 0 Å². The number of rotatable bonds is 4. The van der Waals surface area contributed by atoms with Crippen molar-refractivity contribution in [3.8, 4) is 0 Å². The molecule has 0 spiro atoms. The predicted octanol–water partition coefficient (Wildman–Crippen LogP) is 2.18. The van der Waals surface area contributed by atoms with Gasteiger partial charge in [-0.1, -0.05) is 0 Å². The summed E-state index contributed by atoms with van der Waals surface area (Å²) in [4.78, 5) is 28.2. The molecular weight excluding hydrogens is 316 g/mol. The summed E-state index contributed by atoms with van der Waals surface area (Å²) in [6, 6.07) is 3.60. The zero-order valence-electron chi connectivity index (χ0n) is 13.7. The number of nitrogens with one attached hydrogen (secondary N) is 1. The highest BCUT2D eigenvalue weighted by atomic mass is 15.3. The van der Waals surface area contributed by atoms with Crippen LogP contribution in [0.5, 0.6) is 0 Å². The van der Waals surface area contributed by atoms with Crippen molar-refractivity contribution in [1.82, 2.24) is 29.9 Å². The Hall–Kier alpha value is -3.16. The molecule has 0 saturated carbocycles. The van der Waals surface area contributed by atoms with E-state index >= 15 is 0 Å². The lowest BCUT2D eigenvalue weighted by Gasteiger charge is -2.32. The van der Waals surface area contributed by atoms with E-state index in [1.165, 1.54) is 0 Å². The molecule has 0 aliphatic carbocycles.